The van der Waals surface area contributed by atoms with Crippen LogP contribution in [0.4, 0.5) is 0 Å². The summed E-state index contributed by atoms with van der Waals surface area (Å²) in [6, 6.07) is 0. The second-order valence-electron chi connectivity index (χ2n) is 27.5. The molecule has 0 rings (SSSR count). The number of carbonyl (C=O) groups excluding carboxylic acids is 4. The predicted molar refractivity (Wildman–Crippen MR) is 381 cm³/mol. The van der Waals surface area contributed by atoms with Gasteiger partial charge in [-0.3, -0.25) is 37.3 Å². The molecule has 17 nitrogen and oxygen atoms in total. The van der Waals surface area contributed by atoms with E-state index in [1.807, 2.05) is 0 Å². The van der Waals surface area contributed by atoms with Crippen LogP contribution >= 0.6 is 15.6 Å². The van der Waals surface area contributed by atoms with Crippen LogP contribution in [-0.4, -0.2) is 96.7 Å². The minimum absolute atomic E-state index is 0.0841. The number of aliphatic hydroxyl groups is 1. The van der Waals surface area contributed by atoms with E-state index in [0.29, 0.717) is 31.6 Å². The zero-order chi connectivity index (χ0) is 69.4. The first-order valence-electron chi connectivity index (χ1n) is 38.2. The van der Waals surface area contributed by atoms with Gasteiger partial charge in [0.2, 0.25) is 0 Å². The zero-order valence-corrected chi connectivity index (χ0v) is 62.7. The van der Waals surface area contributed by atoms with Crippen molar-refractivity contribution in [2.24, 2.45) is 17.8 Å². The monoisotopic (exact) mass is 1380 g/mol. The smallest absolute Gasteiger partial charge is 0.462 e. The Morgan fingerprint density at radius 1 is 0.351 bits per heavy atom. The number of unbranched alkanes of at least 4 members (excludes halogenated alkanes) is 35. The van der Waals surface area contributed by atoms with Crippen molar-refractivity contribution >= 4 is 39.5 Å². The number of hydrogen-bond acceptors (Lipinski definition) is 15. The standard InChI is InChI=1S/C75H142O17P2/c1-8-10-11-12-13-14-15-16-17-21-24-27-36-44-51-58-74(79)91-70(62-85-72(77)56-49-42-35-30-29-32-39-46-53-66(3)4)64-89-93(81,82)87-60-69(76)61-88-94(83,84)90-65-71(63-86-73(78)57-50-43-38-31-33-40-47-54-67(5)6)92-75(80)59-52-45-37-28-25-22-19-18-20-23-26-34-41-48-55-68(7)9-2/h14-17,66-71,76H,8-13,18-65H2,1-7H3,(H,81,82)(H,83,84)/b15-14-,17-16-/t68?,69?,70-,71-/m1/s1. The molecule has 0 aliphatic heterocycles. The Hall–Kier alpha value is -2.46. The van der Waals surface area contributed by atoms with Crippen LogP contribution in [0.25, 0.3) is 0 Å². The lowest BCUT2D eigenvalue weighted by Gasteiger charge is -2.21. The number of carbonyl (C=O) groups is 4. The number of rotatable bonds is 71. The van der Waals surface area contributed by atoms with E-state index in [-0.39, 0.29) is 25.7 Å². The summed E-state index contributed by atoms with van der Waals surface area (Å²) in [4.78, 5) is 72.7. The summed E-state index contributed by atoms with van der Waals surface area (Å²) in [6.45, 7) is 11.8. The molecule has 0 saturated heterocycles. The van der Waals surface area contributed by atoms with Gasteiger partial charge in [0.15, 0.2) is 12.2 Å². The van der Waals surface area contributed by atoms with Gasteiger partial charge in [-0.2, -0.15) is 0 Å². The molecular weight excluding hydrogens is 1230 g/mol. The van der Waals surface area contributed by atoms with Gasteiger partial charge in [-0.05, 0) is 69.1 Å². The SMILES string of the molecule is CCCCCC/C=C\C=C/CCCCCCCC(=O)O[C@H](COC(=O)CCCCCCCCCCC(C)C)COP(=O)(O)OCC(O)COP(=O)(O)OC[C@@H](COC(=O)CCCCCCCCCC(C)C)OC(=O)CCCCCCCCCCCCCCCCC(C)CC. The van der Waals surface area contributed by atoms with Crippen LogP contribution in [0.15, 0.2) is 24.3 Å². The van der Waals surface area contributed by atoms with E-state index in [1.165, 1.54) is 141 Å². The molecule has 0 saturated carbocycles. The fourth-order valence-electron chi connectivity index (χ4n) is 10.9. The maximum Gasteiger partial charge on any atom is 0.472 e. The summed E-state index contributed by atoms with van der Waals surface area (Å²) >= 11 is 0. The number of allylic oxidation sites excluding steroid dienone is 4. The molecule has 6 atom stereocenters. The summed E-state index contributed by atoms with van der Waals surface area (Å²) < 4.78 is 68.4. The molecule has 0 aromatic carbocycles. The molecule has 0 heterocycles. The maximum absolute atomic E-state index is 13.1. The highest BCUT2D eigenvalue weighted by molar-refractivity contribution is 7.47. The van der Waals surface area contributed by atoms with Crippen LogP contribution in [0.1, 0.15) is 357 Å². The van der Waals surface area contributed by atoms with Crippen LogP contribution in [0, 0.1) is 17.8 Å². The van der Waals surface area contributed by atoms with E-state index in [1.54, 1.807) is 0 Å². The molecular formula is C75H142O17P2. The molecule has 94 heavy (non-hydrogen) atoms. The topological polar surface area (TPSA) is 237 Å². The fourth-order valence-corrected chi connectivity index (χ4v) is 12.4. The van der Waals surface area contributed by atoms with Gasteiger partial charge in [0.25, 0.3) is 0 Å². The minimum Gasteiger partial charge on any atom is -0.462 e. The molecule has 554 valence electrons. The first-order chi connectivity index (χ1) is 45.3. The number of ether oxygens (including phenoxy) is 4. The molecule has 4 unspecified atom stereocenters. The van der Waals surface area contributed by atoms with E-state index in [4.69, 9.17) is 37.0 Å². The van der Waals surface area contributed by atoms with Crippen molar-refractivity contribution in [2.75, 3.05) is 39.6 Å². The van der Waals surface area contributed by atoms with E-state index in [0.717, 1.165) is 127 Å². The predicted octanol–water partition coefficient (Wildman–Crippen LogP) is 21.3. The van der Waals surface area contributed by atoms with Crippen molar-refractivity contribution in [2.45, 2.75) is 375 Å². The Labute approximate surface area is 573 Å². The molecule has 0 aromatic heterocycles. The van der Waals surface area contributed by atoms with Gasteiger partial charge in [0.1, 0.15) is 19.3 Å². The molecule has 0 bridgehead atoms. The number of phosphoric acid groups is 2. The van der Waals surface area contributed by atoms with Gasteiger partial charge in [-0.1, -0.05) is 304 Å². The van der Waals surface area contributed by atoms with Crippen LogP contribution in [0.5, 0.6) is 0 Å². The second-order valence-corrected chi connectivity index (χ2v) is 30.5. The minimum atomic E-state index is -4.96. The van der Waals surface area contributed by atoms with Crippen molar-refractivity contribution in [1.82, 2.24) is 0 Å². The van der Waals surface area contributed by atoms with Crippen LogP contribution in [-0.2, 0) is 65.4 Å². The van der Waals surface area contributed by atoms with Gasteiger partial charge in [-0.15, -0.1) is 0 Å². The maximum atomic E-state index is 13.1. The Balaban J connectivity index is 5.26. The number of phosphoric ester groups is 2. The summed E-state index contributed by atoms with van der Waals surface area (Å²) in [5.74, 6) is 0.119. The lowest BCUT2D eigenvalue weighted by Crippen LogP contribution is -2.30. The number of aliphatic hydroxyl groups excluding tert-OH is 1. The Morgan fingerprint density at radius 3 is 0.947 bits per heavy atom. The molecule has 0 spiro atoms. The third kappa shape index (κ3) is 66.8. The highest BCUT2D eigenvalue weighted by Crippen LogP contribution is 2.45. The summed E-state index contributed by atoms with van der Waals surface area (Å²) in [6.07, 6.45) is 53.6. The Morgan fingerprint density at radius 2 is 0.628 bits per heavy atom. The van der Waals surface area contributed by atoms with Gasteiger partial charge in [-0.25, -0.2) is 9.13 Å². The molecule has 0 aromatic rings. The third-order valence-electron chi connectivity index (χ3n) is 17.1. The Bertz CT molecular complexity index is 1930. The van der Waals surface area contributed by atoms with Gasteiger partial charge >= 0.3 is 39.5 Å². The van der Waals surface area contributed by atoms with Crippen LogP contribution < -0.4 is 0 Å². The number of esters is 4. The van der Waals surface area contributed by atoms with E-state index < -0.39 is 97.5 Å². The van der Waals surface area contributed by atoms with Gasteiger partial charge < -0.3 is 33.8 Å². The van der Waals surface area contributed by atoms with Crippen molar-refractivity contribution in [1.29, 1.82) is 0 Å². The molecule has 19 heteroatoms. The van der Waals surface area contributed by atoms with Gasteiger partial charge in [0, 0.05) is 25.7 Å². The lowest BCUT2D eigenvalue weighted by atomic mass is 9.99. The van der Waals surface area contributed by atoms with Crippen molar-refractivity contribution in [3.05, 3.63) is 24.3 Å². The first-order valence-corrected chi connectivity index (χ1v) is 41.2. The molecule has 0 aliphatic rings. The molecule has 0 radical (unpaired) electrons. The highest BCUT2D eigenvalue weighted by atomic mass is 31.2. The lowest BCUT2D eigenvalue weighted by molar-refractivity contribution is -0.161. The third-order valence-corrected chi connectivity index (χ3v) is 19.0. The highest BCUT2D eigenvalue weighted by Gasteiger charge is 2.30. The first kappa shape index (κ1) is 91.5. The van der Waals surface area contributed by atoms with Crippen LogP contribution in [0.3, 0.4) is 0 Å². The molecule has 0 amide bonds. The van der Waals surface area contributed by atoms with Gasteiger partial charge in [0.05, 0.1) is 26.4 Å². The van der Waals surface area contributed by atoms with Crippen molar-refractivity contribution < 1.29 is 80.2 Å². The fraction of sp³-hybridized carbons (Fsp3) is 0.893. The second kappa shape index (κ2) is 65.2. The van der Waals surface area contributed by atoms with Crippen LogP contribution in [0.2, 0.25) is 0 Å². The summed E-state index contributed by atoms with van der Waals surface area (Å²) in [7, 11) is -9.92. The van der Waals surface area contributed by atoms with E-state index >= 15 is 0 Å². The molecule has 0 aliphatic carbocycles. The van der Waals surface area contributed by atoms with Crippen molar-refractivity contribution in [3.8, 4) is 0 Å². The molecule has 0 fully saturated rings. The number of hydrogen-bond donors (Lipinski definition) is 3. The average molecular weight is 1380 g/mol. The van der Waals surface area contributed by atoms with Crippen molar-refractivity contribution in [3.63, 3.8) is 0 Å². The normalized spacial score (nSPS) is 14.6. The summed E-state index contributed by atoms with van der Waals surface area (Å²) in [5.41, 5.74) is 0. The average Bonchev–Trinajstić information content (AvgIpc) is 3.64. The van der Waals surface area contributed by atoms with E-state index in [2.05, 4.69) is 72.8 Å². The molecule has 3 N–H and O–H groups in total. The largest absolute Gasteiger partial charge is 0.472 e. The quantitative estimate of drug-likeness (QED) is 0.0169. The zero-order valence-electron chi connectivity index (χ0n) is 60.9. The van der Waals surface area contributed by atoms with E-state index in [9.17, 15) is 43.2 Å². The summed E-state index contributed by atoms with van der Waals surface area (Å²) in [5, 5.41) is 10.6. The Kier molecular flexibility index (Phi) is 63.5.